The molecule has 0 aliphatic carbocycles. The topological polar surface area (TPSA) is 106 Å². The molecule has 1 saturated heterocycles. The first-order chi connectivity index (χ1) is 18.9. The van der Waals surface area contributed by atoms with Crippen molar-refractivity contribution in [1.82, 2.24) is 5.32 Å². The molecule has 2 heterocycles. The van der Waals surface area contributed by atoms with Gasteiger partial charge in [-0.25, -0.2) is 0 Å². The van der Waals surface area contributed by atoms with Gasteiger partial charge in [-0.05, 0) is 78.4 Å². The van der Waals surface area contributed by atoms with E-state index in [1.807, 2.05) is 18.2 Å². The molecule has 1 aliphatic heterocycles. The highest BCUT2D eigenvalue weighted by molar-refractivity contribution is 7.16. The fraction of sp³-hybridized carbons (Fsp3) is 0.419. The Kier molecular flexibility index (Phi) is 9.76. The van der Waals surface area contributed by atoms with Gasteiger partial charge in [0.25, 0.3) is 5.91 Å². The average molecular weight is 548 g/mol. The van der Waals surface area contributed by atoms with Crippen LogP contribution < -0.4 is 10.2 Å². The number of nitriles is 1. The van der Waals surface area contributed by atoms with Crippen LogP contribution in [-0.2, 0) is 9.53 Å². The third-order valence-corrected chi connectivity index (χ3v) is 8.39. The molecule has 4 rings (SSSR count). The lowest BCUT2D eigenvalue weighted by molar-refractivity contribution is -0.136. The minimum atomic E-state index is -1.07. The SMILES string of the molecule is CCCN(CCC)c1ccc2cc(-c3ccc(/C(C)=C(\C#N)C(=O)NC[C@H]4OCC[C@@H](O)[C@@H]4O)s3)ccc2c1. The first-order valence-electron chi connectivity index (χ1n) is 13.6. The maximum absolute atomic E-state index is 12.8. The molecule has 206 valence electrons. The van der Waals surface area contributed by atoms with Gasteiger partial charge >= 0.3 is 0 Å². The normalized spacial score (nSPS) is 19.8. The van der Waals surface area contributed by atoms with Crippen molar-refractivity contribution in [2.45, 2.75) is 58.3 Å². The summed E-state index contributed by atoms with van der Waals surface area (Å²) < 4.78 is 5.47. The van der Waals surface area contributed by atoms with Crippen LogP contribution in [0.4, 0.5) is 5.69 Å². The third kappa shape index (κ3) is 6.68. The van der Waals surface area contributed by atoms with Crippen LogP contribution in [0.3, 0.4) is 0 Å². The molecule has 1 amide bonds. The number of nitrogens with zero attached hydrogens (tertiary/aromatic N) is 2. The zero-order valence-corrected chi connectivity index (χ0v) is 23.6. The minimum absolute atomic E-state index is 0.0126. The van der Waals surface area contributed by atoms with Gasteiger partial charge in [-0.2, -0.15) is 5.26 Å². The summed E-state index contributed by atoms with van der Waals surface area (Å²) >= 11 is 1.54. The van der Waals surface area contributed by atoms with Gasteiger partial charge in [0, 0.05) is 41.7 Å². The minimum Gasteiger partial charge on any atom is -0.390 e. The Hall–Kier alpha value is -3.22. The molecule has 0 spiro atoms. The van der Waals surface area contributed by atoms with E-state index in [-0.39, 0.29) is 12.1 Å². The molecule has 2 aromatic carbocycles. The second kappa shape index (κ2) is 13.2. The smallest absolute Gasteiger partial charge is 0.262 e. The van der Waals surface area contributed by atoms with Crippen LogP contribution >= 0.6 is 11.3 Å². The van der Waals surface area contributed by atoms with Gasteiger partial charge in [0.15, 0.2) is 0 Å². The summed E-state index contributed by atoms with van der Waals surface area (Å²) in [6.45, 7) is 8.59. The monoisotopic (exact) mass is 547 g/mol. The molecule has 8 heteroatoms. The van der Waals surface area contributed by atoms with Crippen molar-refractivity contribution in [3.63, 3.8) is 0 Å². The highest BCUT2D eigenvalue weighted by Gasteiger charge is 2.32. The molecule has 3 aromatic rings. The number of fused-ring (bicyclic) bond motifs is 1. The van der Waals surface area contributed by atoms with E-state index >= 15 is 0 Å². The number of rotatable bonds is 10. The number of allylic oxidation sites excluding steroid dienone is 1. The summed E-state index contributed by atoms with van der Waals surface area (Å²) in [6.07, 6.45) is -0.0896. The lowest BCUT2D eigenvalue weighted by Gasteiger charge is -2.32. The molecular weight excluding hydrogens is 510 g/mol. The van der Waals surface area contributed by atoms with E-state index in [1.165, 1.54) is 27.8 Å². The van der Waals surface area contributed by atoms with Gasteiger partial charge in [0.05, 0.1) is 6.10 Å². The van der Waals surface area contributed by atoms with Crippen LogP contribution in [0, 0.1) is 11.3 Å². The Bertz CT molecular complexity index is 1370. The van der Waals surface area contributed by atoms with E-state index in [9.17, 15) is 20.3 Å². The summed E-state index contributed by atoms with van der Waals surface area (Å²) in [5.41, 5.74) is 2.95. The zero-order valence-electron chi connectivity index (χ0n) is 22.8. The summed E-state index contributed by atoms with van der Waals surface area (Å²) in [7, 11) is 0. The lowest BCUT2D eigenvalue weighted by Crippen LogP contribution is -2.50. The van der Waals surface area contributed by atoms with Crippen molar-refractivity contribution in [2.24, 2.45) is 0 Å². The fourth-order valence-electron chi connectivity index (χ4n) is 4.93. The fourth-order valence-corrected chi connectivity index (χ4v) is 5.94. The Morgan fingerprint density at radius 1 is 1.10 bits per heavy atom. The van der Waals surface area contributed by atoms with Crippen molar-refractivity contribution < 1.29 is 19.7 Å². The molecule has 0 bridgehead atoms. The number of aliphatic hydroxyl groups excluding tert-OH is 2. The summed E-state index contributed by atoms with van der Waals surface area (Å²) in [6, 6.07) is 19.1. The number of hydrogen-bond donors (Lipinski definition) is 3. The van der Waals surface area contributed by atoms with Crippen LogP contribution in [0.25, 0.3) is 26.8 Å². The number of nitrogens with one attached hydrogen (secondary N) is 1. The number of amides is 1. The van der Waals surface area contributed by atoms with E-state index in [0.717, 1.165) is 41.2 Å². The van der Waals surface area contributed by atoms with Crippen LogP contribution in [0.2, 0.25) is 0 Å². The predicted molar refractivity (Wildman–Crippen MR) is 158 cm³/mol. The number of anilines is 1. The maximum atomic E-state index is 12.8. The first-order valence-corrected chi connectivity index (χ1v) is 14.4. The maximum Gasteiger partial charge on any atom is 0.262 e. The predicted octanol–water partition coefficient (Wildman–Crippen LogP) is 5.12. The van der Waals surface area contributed by atoms with Gasteiger partial charge < -0.3 is 25.2 Å². The molecule has 0 saturated carbocycles. The molecule has 1 aliphatic rings. The van der Waals surface area contributed by atoms with E-state index in [4.69, 9.17) is 4.74 Å². The number of ether oxygens (including phenoxy) is 1. The number of benzene rings is 2. The van der Waals surface area contributed by atoms with Crippen molar-refractivity contribution in [3.8, 4) is 16.5 Å². The van der Waals surface area contributed by atoms with Crippen LogP contribution in [0.1, 0.15) is 44.9 Å². The largest absolute Gasteiger partial charge is 0.390 e. The lowest BCUT2D eigenvalue weighted by atomic mass is 10.0. The Labute approximate surface area is 234 Å². The molecule has 0 unspecified atom stereocenters. The van der Waals surface area contributed by atoms with Gasteiger partial charge in [-0.1, -0.05) is 32.0 Å². The molecule has 7 nitrogen and oxygen atoms in total. The van der Waals surface area contributed by atoms with E-state index in [1.54, 1.807) is 6.92 Å². The van der Waals surface area contributed by atoms with Gasteiger partial charge in [0.1, 0.15) is 23.9 Å². The number of thiophene rings is 1. The number of carbonyl (C=O) groups is 1. The zero-order chi connectivity index (χ0) is 27.9. The second-order valence-corrected chi connectivity index (χ2v) is 11.1. The second-order valence-electron chi connectivity index (χ2n) is 9.97. The van der Waals surface area contributed by atoms with Gasteiger partial charge in [-0.15, -0.1) is 11.3 Å². The highest BCUT2D eigenvalue weighted by Crippen LogP contribution is 2.35. The highest BCUT2D eigenvalue weighted by atomic mass is 32.1. The van der Waals surface area contributed by atoms with Gasteiger partial charge in [-0.3, -0.25) is 4.79 Å². The average Bonchev–Trinajstić information content (AvgIpc) is 3.44. The molecule has 0 radical (unpaired) electrons. The van der Waals surface area contributed by atoms with Gasteiger partial charge in [0.2, 0.25) is 0 Å². The Balaban J connectivity index is 1.50. The van der Waals surface area contributed by atoms with E-state index in [0.29, 0.717) is 18.6 Å². The van der Waals surface area contributed by atoms with Crippen LogP contribution in [0.15, 0.2) is 54.1 Å². The molecular formula is C31H37N3O4S. The Morgan fingerprint density at radius 2 is 1.82 bits per heavy atom. The van der Waals surface area contributed by atoms with Crippen molar-refractivity contribution in [2.75, 3.05) is 31.1 Å². The van der Waals surface area contributed by atoms with Crippen molar-refractivity contribution in [1.29, 1.82) is 5.26 Å². The molecule has 3 atom stereocenters. The first kappa shape index (κ1) is 28.8. The Morgan fingerprint density at radius 3 is 2.54 bits per heavy atom. The van der Waals surface area contributed by atoms with E-state index in [2.05, 4.69) is 60.5 Å². The quantitative estimate of drug-likeness (QED) is 0.240. The molecule has 39 heavy (non-hydrogen) atoms. The molecule has 1 fully saturated rings. The number of hydrogen-bond acceptors (Lipinski definition) is 7. The summed E-state index contributed by atoms with van der Waals surface area (Å²) in [5.74, 6) is -0.525. The number of aliphatic hydroxyl groups is 2. The summed E-state index contributed by atoms with van der Waals surface area (Å²) in [4.78, 5) is 17.1. The molecule has 1 aromatic heterocycles. The summed E-state index contributed by atoms with van der Waals surface area (Å²) in [5, 5.41) is 34.7. The van der Waals surface area contributed by atoms with E-state index < -0.39 is 24.2 Å². The molecule has 3 N–H and O–H groups in total. The van der Waals surface area contributed by atoms with Crippen molar-refractivity contribution >= 4 is 39.3 Å². The standard InChI is InChI=1S/C31H37N3O4S/c1-4-13-34(14-5-2)24-9-8-21-16-23(7-6-22(21)17-24)29-11-10-28(39-29)20(3)25(18-32)31(37)33-19-27-30(36)26(35)12-15-38-27/h6-11,16-17,26-27,30,35-36H,4-5,12-15,19H2,1-3H3,(H,33,37)/b25-20+/t26-,27-,30+/m1/s1. The third-order valence-electron chi connectivity index (χ3n) is 7.13. The van der Waals surface area contributed by atoms with Crippen molar-refractivity contribution in [3.05, 3.63) is 59.0 Å². The van der Waals surface area contributed by atoms with Crippen LogP contribution in [0.5, 0.6) is 0 Å². The number of carbonyl (C=O) groups excluding carboxylic acids is 1. The van der Waals surface area contributed by atoms with Crippen LogP contribution in [-0.4, -0.2) is 60.7 Å².